The summed E-state index contributed by atoms with van der Waals surface area (Å²) in [7, 11) is 0. The van der Waals surface area contributed by atoms with E-state index in [2.05, 4.69) is 10.6 Å². The second kappa shape index (κ2) is 7.86. The lowest BCUT2D eigenvalue weighted by molar-refractivity contribution is 0.336. The van der Waals surface area contributed by atoms with E-state index in [0.717, 1.165) is 17.0 Å². The van der Waals surface area contributed by atoms with Gasteiger partial charge in [-0.25, -0.2) is 0 Å². The third kappa shape index (κ3) is 4.92. The molecular formula is C16H17ClN2OS. The first-order chi connectivity index (χ1) is 10.2. The van der Waals surface area contributed by atoms with Crippen LogP contribution in [0.1, 0.15) is 12.5 Å². The molecule has 21 heavy (non-hydrogen) atoms. The number of hydrogen-bond acceptors (Lipinski definition) is 2. The molecule has 0 aliphatic carbocycles. The maximum atomic E-state index is 5.94. The van der Waals surface area contributed by atoms with Gasteiger partial charge >= 0.3 is 0 Å². The number of thiocarbonyl (C=S) groups is 1. The van der Waals surface area contributed by atoms with E-state index in [0.29, 0.717) is 23.3 Å². The number of anilines is 1. The molecule has 0 fully saturated rings. The molecule has 110 valence electrons. The third-order valence-corrected chi connectivity index (χ3v) is 3.28. The van der Waals surface area contributed by atoms with Crippen LogP contribution in [-0.2, 0) is 6.54 Å². The van der Waals surface area contributed by atoms with Crippen LogP contribution in [0.4, 0.5) is 5.69 Å². The fourth-order valence-corrected chi connectivity index (χ4v) is 2.24. The van der Waals surface area contributed by atoms with Crippen molar-refractivity contribution in [3.05, 3.63) is 59.1 Å². The third-order valence-electron chi connectivity index (χ3n) is 2.79. The van der Waals surface area contributed by atoms with Gasteiger partial charge in [-0.05, 0) is 43.4 Å². The number of halogens is 1. The van der Waals surface area contributed by atoms with E-state index in [9.17, 15) is 0 Å². The smallest absolute Gasteiger partial charge is 0.171 e. The number of benzene rings is 2. The first-order valence-corrected chi connectivity index (χ1v) is 7.49. The van der Waals surface area contributed by atoms with Gasteiger partial charge in [0.05, 0.1) is 6.61 Å². The Kier molecular flexibility index (Phi) is 5.84. The van der Waals surface area contributed by atoms with Gasteiger partial charge in [-0.15, -0.1) is 0 Å². The van der Waals surface area contributed by atoms with Crippen LogP contribution in [0, 0.1) is 0 Å². The summed E-state index contributed by atoms with van der Waals surface area (Å²) < 4.78 is 5.58. The molecule has 0 aliphatic rings. The SMILES string of the molecule is CCOc1ccccc1CNC(=S)Nc1cccc(Cl)c1. The quantitative estimate of drug-likeness (QED) is 0.808. The van der Waals surface area contributed by atoms with Gasteiger partial charge in [0.15, 0.2) is 5.11 Å². The zero-order chi connectivity index (χ0) is 15.1. The van der Waals surface area contributed by atoms with Crippen molar-refractivity contribution in [1.82, 2.24) is 5.32 Å². The summed E-state index contributed by atoms with van der Waals surface area (Å²) in [6.45, 7) is 3.21. The Labute approximate surface area is 135 Å². The molecule has 0 radical (unpaired) electrons. The topological polar surface area (TPSA) is 33.3 Å². The lowest BCUT2D eigenvalue weighted by Gasteiger charge is -2.13. The Morgan fingerprint density at radius 3 is 2.76 bits per heavy atom. The lowest BCUT2D eigenvalue weighted by Crippen LogP contribution is -2.28. The minimum atomic E-state index is 0.545. The molecule has 2 aromatic rings. The van der Waals surface area contributed by atoms with Crippen molar-refractivity contribution in [2.75, 3.05) is 11.9 Å². The van der Waals surface area contributed by atoms with Crippen molar-refractivity contribution < 1.29 is 4.74 Å². The van der Waals surface area contributed by atoms with E-state index in [1.807, 2.05) is 55.5 Å². The highest BCUT2D eigenvalue weighted by atomic mass is 35.5. The number of ether oxygens (including phenoxy) is 1. The predicted molar refractivity (Wildman–Crippen MR) is 92.1 cm³/mol. The molecule has 0 heterocycles. The second-order valence-electron chi connectivity index (χ2n) is 4.36. The Hall–Kier alpha value is -1.78. The van der Waals surface area contributed by atoms with Crippen molar-refractivity contribution in [1.29, 1.82) is 0 Å². The highest BCUT2D eigenvalue weighted by molar-refractivity contribution is 7.80. The molecule has 5 heteroatoms. The van der Waals surface area contributed by atoms with E-state index >= 15 is 0 Å². The monoisotopic (exact) mass is 320 g/mol. The number of para-hydroxylation sites is 1. The Morgan fingerprint density at radius 1 is 1.19 bits per heavy atom. The fourth-order valence-electron chi connectivity index (χ4n) is 1.86. The highest BCUT2D eigenvalue weighted by Gasteiger charge is 2.03. The van der Waals surface area contributed by atoms with E-state index in [-0.39, 0.29) is 0 Å². The Balaban J connectivity index is 1.92. The molecule has 0 amide bonds. The molecule has 0 unspecified atom stereocenters. The summed E-state index contributed by atoms with van der Waals surface area (Å²) in [4.78, 5) is 0. The van der Waals surface area contributed by atoms with Crippen LogP contribution in [0.25, 0.3) is 0 Å². The molecule has 2 N–H and O–H groups in total. The van der Waals surface area contributed by atoms with Gasteiger partial charge in [0.25, 0.3) is 0 Å². The maximum Gasteiger partial charge on any atom is 0.171 e. The lowest BCUT2D eigenvalue weighted by atomic mass is 10.2. The van der Waals surface area contributed by atoms with Gasteiger partial charge in [-0.1, -0.05) is 35.9 Å². The minimum Gasteiger partial charge on any atom is -0.494 e. The number of hydrogen-bond donors (Lipinski definition) is 2. The van der Waals surface area contributed by atoms with Crippen molar-refractivity contribution in [2.45, 2.75) is 13.5 Å². The molecule has 0 aromatic heterocycles. The molecule has 3 nitrogen and oxygen atoms in total. The van der Waals surface area contributed by atoms with Crippen LogP contribution in [-0.4, -0.2) is 11.7 Å². The Morgan fingerprint density at radius 2 is 2.00 bits per heavy atom. The molecule has 0 spiro atoms. The van der Waals surface area contributed by atoms with Crippen LogP contribution in [0.5, 0.6) is 5.75 Å². The van der Waals surface area contributed by atoms with E-state index in [4.69, 9.17) is 28.6 Å². The van der Waals surface area contributed by atoms with Gasteiger partial charge in [-0.2, -0.15) is 0 Å². The molecular weight excluding hydrogens is 304 g/mol. The average Bonchev–Trinajstić information content (AvgIpc) is 2.47. The second-order valence-corrected chi connectivity index (χ2v) is 5.20. The molecule has 0 atom stereocenters. The molecule has 0 saturated carbocycles. The van der Waals surface area contributed by atoms with Crippen molar-refractivity contribution in [2.24, 2.45) is 0 Å². The molecule has 0 saturated heterocycles. The minimum absolute atomic E-state index is 0.545. The predicted octanol–water partition coefficient (Wildman–Crippen LogP) is 4.23. The summed E-state index contributed by atoms with van der Waals surface area (Å²) in [6, 6.07) is 15.3. The highest BCUT2D eigenvalue weighted by Crippen LogP contribution is 2.18. The van der Waals surface area contributed by atoms with Crippen molar-refractivity contribution in [3.63, 3.8) is 0 Å². The molecule has 2 rings (SSSR count). The largest absolute Gasteiger partial charge is 0.494 e. The normalized spacial score (nSPS) is 10.0. The number of rotatable bonds is 5. The summed E-state index contributed by atoms with van der Waals surface area (Å²) in [6.07, 6.45) is 0. The zero-order valence-corrected chi connectivity index (χ0v) is 13.3. The van der Waals surface area contributed by atoms with Crippen LogP contribution >= 0.6 is 23.8 Å². The van der Waals surface area contributed by atoms with Crippen molar-refractivity contribution in [3.8, 4) is 5.75 Å². The summed E-state index contributed by atoms with van der Waals surface area (Å²) in [5, 5.41) is 7.48. The van der Waals surface area contributed by atoms with Crippen LogP contribution in [0.2, 0.25) is 5.02 Å². The maximum absolute atomic E-state index is 5.94. The zero-order valence-electron chi connectivity index (χ0n) is 11.7. The standard InChI is InChI=1S/C16H17ClN2OS/c1-2-20-15-9-4-3-6-12(15)11-18-16(21)19-14-8-5-7-13(17)10-14/h3-10H,2,11H2,1H3,(H2,18,19,21). The van der Waals surface area contributed by atoms with Crippen LogP contribution in [0.3, 0.4) is 0 Å². The summed E-state index contributed by atoms with van der Waals surface area (Å²) in [5.74, 6) is 0.873. The molecule has 0 bridgehead atoms. The van der Waals surface area contributed by atoms with E-state index in [1.165, 1.54) is 0 Å². The Bertz CT molecular complexity index is 619. The van der Waals surface area contributed by atoms with Gasteiger partial charge in [0.2, 0.25) is 0 Å². The van der Waals surface area contributed by atoms with Crippen LogP contribution < -0.4 is 15.4 Å². The van der Waals surface area contributed by atoms with Gasteiger partial charge in [0, 0.05) is 22.8 Å². The van der Waals surface area contributed by atoms with Crippen molar-refractivity contribution >= 4 is 34.6 Å². The first-order valence-electron chi connectivity index (χ1n) is 6.70. The first kappa shape index (κ1) is 15.6. The number of nitrogens with one attached hydrogen (secondary N) is 2. The summed E-state index contributed by atoms with van der Waals surface area (Å²) >= 11 is 11.2. The average molecular weight is 321 g/mol. The van der Waals surface area contributed by atoms with Gasteiger partial charge in [0.1, 0.15) is 5.75 Å². The van der Waals surface area contributed by atoms with Gasteiger partial charge < -0.3 is 15.4 Å². The fraction of sp³-hybridized carbons (Fsp3) is 0.188. The van der Waals surface area contributed by atoms with Gasteiger partial charge in [-0.3, -0.25) is 0 Å². The van der Waals surface area contributed by atoms with Crippen LogP contribution in [0.15, 0.2) is 48.5 Å². The molecule has 0 aliphatic heterocycles. The van der Waals surface area contributed by atoms with E-state index in [1.54, 1.807) is 0 Å². The molecule has 2 aromatic carbocycles. The summed E-state index contributed by atoms with van der Waals surface area (Å²) in [5.41, 5.74) is 1.92. The van der Waals surface area contributed by atoms with E-state index < -0.39 is 0 Å².